The molecule has 126 valence electrons. The van der Waals surface area contributed by atoms with Crippen molar-refractivity contribution in [2.24, 2.45) is 5.92 Å². The Morgan fingerprint density at radius 3 is 2.20 bits per heavy atom. The first-order valence-corrected chi connectivity index (χ1v) is 8.19. The first-order chi connectivity index (χ1) is 12.3. The SMILES string of the molecule is N#C[C@H]1C(=O)O[C@@H]2C(OCc3ccccc3)[C@@]21OCc1ccccc1. The molecule has 1 saturated carbocycles. The average molecular weight is 335 g/mol. The largest absolute Gasteiger partial charge is 0.455 e. The molecular weight excluding hydrogens is 318 g/mol. The summed E-state index contributed by atoms with van der Waals surface area (Å²) in [6, 6.07) is 21.4. The van der Waals surface area contributed by atoms with Crippen LogP contribution in [-0.4, -0.2) is 23.8 Å². The minimum atomic E-state index is -1.00. The lowest BCUT2D eigenvalue weighted by Gasteiger charge is -2.18. The number of hydrogen-bond donors (Lipinski definition) is 0. The van der Waals surface area contributed by atoms with E-state index in [9.17, 15) is 10.1 Å². The van der Waals surface area contributed by atoms with E-state index in [1.165, 1.54) is 0 Å². The summed E-state index contributed by atoms with van der Waals surface area (Å²) in [5.74, 6) is -1.48. The van der Waals surface area contributed by atoms with Crippen molar-refractivity contribution in [3.05, 3.63) is 71.8 Å². The number of hydrogen-bond acceptors (Lipinski definition) is 5. The molecule has 0 spiro atoms. The Balaban J connectivity index is 1.48. The Hall–Kier alpha value is -2.68. The summed E-state index contributed by atoms with van der Waals surface area (Å²) in [5, 5.41) is 9.41. The van der Waals surface area contributed by atoms with Gasteiger partial charge in [-0.15, -0.1) is 0 Å². The van der Waals surface area contributed by atoms with Crippen LogP contribution in [0.3, 0.4) is 0 Å². The third kappa shape index (κ3) is 2.70. The summed E-state index contributed by atoms with van der Waals surface area (Å²) in [4.78, 5) is 11.9. The Labute approximate surface area is 145 Å². The molecule has 2 aliphatic rings. The third-order valence-corrected chi connectivity index (χ3v) is 4.72. The Morgan fingerprint density at radius 2 is 1.60 bits per heavy atom. The van der Waals surface area contributed by atoms with Crippen molar-refractivity contribution in [1.29, 1.82) is 5.26 Å². The Kier molecular flexibility index (Phi) is 4.00. The van der Waals surface area contributed by atoms with Crippen LogP contribution in [0, 0.1) is 17.2 Å². The highest BCUT2D eigenvalue weighted by Gasteiger charge is 2.81. The van der Waals surface area contributed by atoms with Gasteiger partial charge in [0.15, 0.2) is 17.6 Å². The number of rotatable bonds is 6. The quantitative estimate of drug-likeness (QED) is 0.759. The monoisotopic (exact) mass is 335 g/mol. The van der Waals surface area contributed by atoms with E-state index in [1.807, 2.05) is 66.7 Å². The van der Waals surface area contributed by atoms with Gasteiger partial charge in [-0.05, 0) is 11.1 Å². The van der Waals surface area contributed by atoms with Crippen molar-refractivity contribution in [3.63, 3.8) is 0 Å². The lowest BCUT2D eigenvalue weighted by atomic mass is 10.0. The number of ether oxygens (including phenoxy) is 3. The maximum Gasteiger partial charge on any atom is 0.327 e. The molecule has 1 aliphatic heterocycles. The molecule has 2 aromatic carbocycles. The molecule has 2 aromatic rings. The van der Waals surface area contributed by atoms with E-state index in [2.05, 4.69) is 0 Å². The van der Waals surface area contributed by atoms with Gasteiger partial charge >= 0.3 is 5.97 Å². The molecule has 1 heterocycles. The third-order valence-electron chi connectivity index (χ3n) is 4.72. The second kappa shape index (κ2) is 6.32. The van der Waals surface area contributed by atoms with Crippen molar-refractivity contribution in [1.82, 2.24) is 0 Å². The number of nitriles is 1. The lowest BCUT2D eigenvalue weighted by Crippen LogP contribution is -2.33. The van der Waals surface area contributed by atoms with Gasteiger partial charge in [0.2, 0.25) is 0 Å². The van der Waals surface area contributed by atoms with Crippen molar-refractivity contribution in [2.75, 3.05) is 0 Å². The molecule has 0 N–H and O–H groups in total. The molecule has 0 aromatic heterocycles. The molecule has 0 bridgehead atoms. The smallest absolute Gasteiger partial charge is 0.327 e. The summed E-state index contributed by atoms with van der Waals surface area (Å²) in [5.41, 5.74) is 0.988. The number of esters is 1. The summed E-state index contributed by atoms with van der Waals surface area (Å²) in [6.07, 6.45) is -0.934. The molecule has 0 radical (unpaired) electrons. The zero-order chi connectivity index (χ0) is 17.3. The molecule has 2 fully saturated rings. The summed E-state index contributed by atoms with van der Waals surface area (Å²) < 4.78 is 17.3. The number of carbonyl (C=O) groups excluding carboxylic acids is 1. The highest BCUT2D eigenvalue weighted by atomic mass is 16.7. The predicted molar refractivity (Wildman–Crippen MR) is 88.0 cm³/mol. The van der Waals surface area contributed by atoms with E-state index in [1.54, 1.807) is 0 Å². The van der Waals surface area contributed by atoms with Gasteiger partial charge in [-0.2, -0.15) is 5.26 Å². The second-order valence-electron chi connectivity index (χ2n) is 6.26. The van der Waals surface area contributed by atoms with E-state index >= 15 is 0 Å². The molecule has 4 rings (SSSR count). The van der Waals surface area contributed by atoms with Gasteiger partial charge in [0.1, 0.15) is 6.10 Å². The average Bonchev–Trinajstić information content (AvgIpc) is 3.15. The first-order valence-electron chi connectivity index (χ1n) is 8.19. The molecule has 4 atom stereocenters. The van der Waals surface area contributed by atoms with Gasteiger partial charge in [-0.3, -0.25) is 4.79 Å². The molecular formula is C20H17NO4. The molecule has 1 aliphatic carbocycles. The van der Waals surface area contributed by atoms with Crippen molar-refractivity contribution < 1.29 is 19.0 Å². The molecule has 25 heavy (non-hydrogen) atoms. The Morgan fingerprint density at radius 1 is 1.00 bits per heavy atom. The fourth-order valence-electron chi connectivity index (χ4n) is 3.34. The van der Waals surface area contributed by atoms with Crippen molar-refractivity contribution in [2.45, 2.75) is 31.0 Å². The van der Waals surface area contributed by atoms with E-state index in [0.29, 0.717) is 13.2 Å². The summed E-state index contributed by atoms with van der Waals surface area (Å²) >= 11 is 0. The fraction of sp³-hybridized carbons (Fsp3) is 0.300. The van der Waals surface area contributed by atoms with Crippen LogP contribution in [0.1, 0.15) is 11.1 Å². The first kappa shape index (κ1) is 15.8. The lowest BCUT2D eigenvalue weighted by molar-refractivity contribution is -0.148. The number of nitrogens with zero attached hydrogens (tertiary/aromatic N) is 1. The minimum Gasteiger partial charge on any atom is -0.455 e. The number of fused-ring (bicyclic) bond motifs is 1. The van der Waals surface area contributed by atoms with Gasteiger partial charge in [0, 0.05) is 0 Å². The fourth-order valence-corrected chi connectivity index (χ4v) is 3.34. The van der Waals surface area contributed by atoms with E-state index in [4.69, 9.17) is 14.2 Å². The normalized spacial score (nSPS) is 29.6. The van der Waals surface area contributed by atoms with Gasteiger partial charge < -0.3 is 14.2 Å². The van der Waals surface area contributed by atoms with Crippen LogP contribution < -0.4 is 0 Å². The standard InChI is InChI=1S/C20H17NO4/c21-11-16-19(22)25-18-17(23-12-14-7-3-1-4-8-14)20(16,18)24-13-15-9-5-2-6-10-15/h1-10,16-18H,12-13H2/t16-,17?,18+,20+/m0/s1. The van der Waals surface area contributed by atoms with Crippen LogP contribution in [0.15, 0.2) is 60.7 Å². The zero-order valence-electron chi connectivity index (χ0n) is 13.5. The number of benzene rings is 2. The van der Waals surface area contributed by atoms with Crippen LogP contribution in [0.2, 0.25) is 0 Å². The maximum atomic E-state index is 11.9. The zero-order valence-corrected chi connectivity index (χ0v) is 13.5. The molecule has 1 saturated heterocycles. The van der Waals surface area contributed by atoms with Crippen LogP contribution in [0.4, 0.5) is 0 Å². The highest BCUT2D eigenvalue weighted by molar-refractivity contribution is 5.83. The molecule has 1 unspecified atom stereocenters. The van der Waals surface area contributed by atoms with Gasteiger partial charge in [-0.1, -0.05) is 60.7 Å². The molecule has 5 heteroatoms. The summed E-state index contributed by atoms with van der Waals surface area (Å²) in [7, 11) is 0. The van der Waals surface area contributed by atoms with Gasteiger partial charge in [0.05, 0.1) is 19.3 Å². The predicted octanol–water partition coefficient (Wildman–Crippen LogP) is 2.61. The topological polar surface area (TPSA) is 68.6 Å². The Bertz CT molecular complexity index is 801. The van der Waals surface area contributed by atoms with Crippen LogP contribution in [-0.2, 0) is 32.2 Å². The number of carbonyl (C=O) groups is 1. The van der Waals surface area contributed by atoms with E-state index in [-0.39, 0.29) is 0 Å². The van der Waals surface area contributed by atoms with Gasteiger partial charge in [0.25, 0.3) is 0 Å². The maximum absolute atomic E-state index is 11.9. The second-order valence-corrected chi connectivity index (χ2v) is 6.26. The molecule has 5 nitrogen and oxygen atoms in total. The van der Waals surface area contributed by atoms with Crippen LogP contribution >= 0.6 is 0 Å². The van der Waals surface area contributed by atoms with E-state index < -0.39 is 29.7 Å². The minimum absolute atomic E-state index is 0.303. The molecule has 0 amide bonds. The van der Waals surface area contributed by atoms with Crippen molar-refractivity contribution >= 4 is 5.97 Å². The van der Waals surface area contributed by atoms with Crippen LogP contribution in [0.5, 0.6) is 0 Å². The van der Waals surface area contributed by atoms with Crippen molar-refractivity contribution in [3.8, 4) is 6.07 Å². The highest BCUT2D eigenvalue weighted by Crippen LogP contribution is 2.56. The van der Waals surface area contributed by atoms with E-state index in [0.717, 1.165) is 11.1 Å². The summed E-state index contributed by atoms with van der Waals surface area (Å²) in [6.45, 7) is 0.686. The van der Waals surface area contributed by atoms with Crippen LogP contribution in [0.25, 0.3) is 0 Å². The van der Waals surface area contributed by atoms with Gasteiger partial charge in [-0.25, -0.2) is 0 Å².